The first-order valence-corrected chi connectivity index (χ1v) is 5.48. The average Bonchev–Trinajstić information content (AvgIpc) is 2.34. The van der Waals surface area contributed by atoms with Crippen LogP contribution in [-0.2, 0) is 0 Å². The van der Waals surface area contributed by atoms with Gasteiger partial charge in [-0.05, 0) is 19.2 Å². The van der Waals surface area contributed by atoms with Gasteiger partial charge in [0, 0.05) is 23.0 Å². The lowest BCUT2D eigenvalue weighted by molar-refractivity contribution is 0.569. The first kappa shape index (κ1) is 12.0. The molecule has 2 rings (SSSR count). The lowest BCUT2D eigenvalue weighted by Crippen LogP contribution is -2.20. The van der Waals surface area contributed by atoms with E-state index in [-0.39, 0.29) is 11.9 Å². The highest BCUT2D eigenvalue weighted by molar-refractivity contribution is 6.30. The standard InChI is InChI=1S/C12H11ClFN3/c1-15-12(11-7-16-4-5-17-11)9-3-2-8(13)6-10(9)14/h2-7,12,15H,1H3. The molecule has 88 valence electrons. The van der Waals surface area contributed by atoms with Crippen LogP contribution in [0, 0.1) is 5.82 Å². The monoisotopic (exact) mass is 251 g/mol. The summed E-state index contributed by atoms with van der Waals surface area (Å²) < 4.78 is 13.8. The Morgan fingerprint density at radius 1 is 1.35 bits per heavy atom. The first-order chi connectivity index (χ1) is 8.22. The molecule has 1 heterocycles. The van der Waals surface area contributed by atoms with Crippen molar-refractivity contribution >= 4 is 11.6 Å². The minimum atomic E-state index is -0.359. The molecule has 0 fully saturated rings. The number of benzene rings is 1. The SMILES string of the molecule is CNC(c1cnccn1)c1ccc(Cl)cc1F. The van der Waals surface area contributed by atoms with E-state index >= 15 is 0 Å². The predicted molar refractivity (Wildman–Crippen MR) is 64.3 cm³/mol. The molecule has 1 N–H and O–H groups in total. The maximum atomic E-state index is 13.8. The molecule has 1 atom stereocenters. The molecule has 3 nitrogen and oxygen atoms in total. The summed E-state index contributed by atoms with van der Waals surface area (Å²) in [4.78, 5) is 8.14. The van der Waals surface area contributed by atoms with Crippen LogP contribution in [0.2, 0.25) is 5.02 Å². The van der Waals surface area contributed by atoms with Crippen LogP contribution in [0.15, 0.2) is 36.8 Å². The lowest BCUT2D eigenvalue weighted by atomic mass is 10.0. The quantitative estimate of drug-likeness (QED) is 0.911. The molecule has 1 unspecified atom stereocenters. The van der Waals surface area contributed by atoms with Crippen LogP contribution in [0.3, 0.4) is 0 Å². The zero-order chi connectivity index (χ0) is 12.3. The molecule has 2 aromatic rings. The molecular formula is C12H11ClFN3. The molecule has 0 saturated heterocycles. The van der Waals surface area contributed by atoms with Crippen LogP contribution in [0.25, 0.3) is 0 Å². The fraction of sp³-hybridized carbons (Fsp3) is 0.167. The van der Waals surface area contributed by atoms with Crippen molar-refractivity contribution in [3.8, 4) is 0 Å². The average molecular weight is 252 g/mol. The van der Waals surface area contributed by atoms with E-state index in [2.05, 4.69) is 15.3 Å². The molecule has 0 aliphatic heterocycles. The highest BCUT2D eigenvalue weighted by Crippen LogP contribution is 2.24. The van der Waals surface area contributed by atoms with Gasteiger partial charge in [-0.3, -0.25) is 9.97 Å². The Labute approximate surface area is 104 Å². The van der Waals surface area contributed by atoms with Gasteiger partial charge in [0.1, 0.15) is 5.82 Å². The Hall–Kier alpha value is -1.52. The summed E-state index contributed by atoms with van der Waals surface area (Å²) in [5.41, 5.74) is 1.16. The number of hydrogen-bond donors (Lipinski definition) is 1. The molecule has 0 saturated carbocycles. The van der Waals surface area contributed by atoms with Gasteiger partial charge in [0.15, 0.2) is 0 Å². The molecule has 5 heteroatoms. The van der Waals surface area contributed by atoms with Crippen LogP contribution in [0.1, 0.15) is 17.3 Å². The Morgan fingerprint density at radius 3 is 2.76 bits per heavy atom. The summed E-state index contributed by atoms with van der Waals surface area (Å²) >= 11 is 5.72. The number of rotatable bonds is 3. The van der Waals surface area contributed by atoms with E-state index in [1.165, 1.54) is 6.07 Å². The molecule has 0 spiro atoms. The molecule has 0 amide bonds. The van der Waals surface area contributed by atoms with Crippen molar-refractivity contribution in [2.45, 2.75) is 6.04 Å². The Kier molecular flexibility index (Phi) is 3.66. The maximum Gasteiger partial charge on any atom is 0.129 e. The Bertz CT molecular complexity index is 504. The predicted octanol–water partition coefficient (Wildman–Crippen LogP) is 2.58. The van der Waals surface area contributed by atoms with Gasteiger partial charge >= 0.3 is 0 Å². The fourth-order valence-corrected chi connectivity index (χ4v) is 1.82. The van der Waals surface area contributed by atoms with Crippen molar-refractivity contribution in [2.24, 2.45) is 0 Å². The van der Waals surface area contributed by atoms with E-state index in [9.17, 15) is 4.39 Å². The summed E-state index contributed by atoms with van der Waals surface area (Å²) in [6, 6.07) is 4.26. The molecule has 0 aliphatic carbocycles. The van der Waals surface area contributed by atoms with Crippen molar-refractivity contribution in [1.29, 1.82) is 0 Å². The van der Waals surface area contributed by atoms with Gasteiger partial charge in [-0.2, -0.15) is 0 Å². The molecule has 1 aromatic carbocycles. The zero-order valence-corrected chi connectivity index (χ0v) is 9.95. The topological polar surface area (TPSA) is 37.8 Å². The Morgan fingerprint density at radius 2 is 2.18 bits per heavy atom. The molecule has 0 radical (unpaired) electrons. The fourth-order valence-electron chi connectivity index (χ4n) is 1.66. The van der Waals surface area contributed by atoms with Gasteiger partial charge in [0.25, 0.3) is 0 Å². The van der Waals surface area contributed by atoms with E-state index in [1.54, 1.807) is 37.8 Å². The van der Waals surface area contributed by atoms with E-state index in [1.807, 2.05) is 0 Å². The molecule has 0 aliphatic rings. The second kappa shape index (κ2) is 5.21. The second-order valence-corrected chi connectivity index (χ2v) is 3.95. The van der Waals surface area contributed by atoms with Crippen LogP contribution >= 0.6 is 11.6 Å². The molecule has 1 aromatic heterocycles. The van der Waals surface area contributed by atoms with E-state index in [4.69, 9.17) is 11.6 Å². The minimum absolute atomic E-state index is 0.332. The first-order valence-electron chi connectivity index (χ1n) is 5.10. The summed E-state index contributed by atoms with van der Waals surface area (Å²) in [6.45, 7) is 0. The van der Waals surface area contributed by atoms with Gasteiger partial charge < -0.3 is 5.32 Å². The van der Waals surface area contributed by atoms with E-state index in [0.29, 0.717) is 16.3 Å². The summed E-state index contributed by atoms with van der Waals surface area (Å²) in [6.07, 6.45) is 4.76. The number of nitrogens with one attached hydrogen (secondary N) is 1. The molecule has 0 bridgehead atoms. The Balaban J connectivity index is 2.42. The van der Waals surface area contributed by atoms with Gasteiger partial charge in [0.05, 0.1) is 17.9 Å². The summed E-state index contributed by atoms with van der Waals surface area (Å²) in [5.74, 6) is -0.359. The molecule has 17 heavy (non-hydrogen) atoms. The number of nitrogens with zero attached hydrogens (tertiary/aromatic N) is 2. The van der Waals surface area contributed by atoms with Gasteiger partial charge in [-0.1, -0.05) is 17.7 Å². The third kappa shape index (κ3) is 2.60. The third-order valence-electron chi connectivity index (χ3n) is 2.44. The molecular weight excluding hydrogens is 241 g/mol. The van der Waals surface area contributed by atoms with Gasteiger partial charge in [0.2, 0.25) is 0 Å². The smallest absolute Gasteiger partial charge is 0.129 e. The highest BCUT2D eigenvalue weighted by atomic mass is 35.5. The van der Waals surface area contributed by atoms with Crippen molar-refractivity contribution in [2.75, 3.05) is 7.05 Å². The van der Waals surface area contributed by atoms with Crippen molar-refractivity contribution < 1.29 is 4.39 Å². The van der Waals surface area contributed by atoms with Gasteiger partial charge in [-0.15, -0.1) is 0 Å². The number of aromatic nitrogens is 2. The van der Waals surface area contributed by atoms with Crippen LogP contribution in [-0.4, -0.2) is 17.0 Å². The highest BCUT2D eigenvalue weighted by Gasteiger charge is 2.17. The van der Waals surface area contributed by atoms with Crippen molar-refractivity contribution in [3.63, 3.8) is 0 Å². The van der Waals surface area contributed by atoms with Crippen LogP contribution < -0.4 is 5.32 Å². The summed E-state index contributed by atoms with van der Waals surface area (Å²) in [7, 11) is 1.74. The number of halogens is 2. The maximum absolute atomic E-state index is 13.8. The van der Waals surface area contributed by atoms with E-state index in [0.717, 1.165) is 0 Å². The minimum Gasteiger partial charge on any atom is -0.308 e. The third-order valence-corrected chi connectivity index (χ3v) is 2.68. The number of hydrogen-bond acceptors (Lipinski definition) is 3. The van der Waals surface area contributed by atoms with Crippen molar-refractivity contribution in [3.05, 3.63) is 58.9 Å². The van der Waals surface area contributed by atoms with E-state index < -0.39 is 0 Å². The zero-order valence-electron chi connectivity index (χ0n) is 9.19. The van der Waals surface area contributed by atoms with Crippen LogP contribution in [0.4, 0.5) is 4.39 Å². The second-order valence-electron chi connectivity index (χ2n) is 3.52. The van der Waals surface area contributed by atoms with Crippen molar-refractivity contribution in [1.82, 2.24) is 15.3 Å². The summed E-state index contributed by atoms with van der Waals surface area (Å²) in [5, 5.41) is 3.38. The largest absolute Gasteiger partial charge is 0.308 e. The van der Waals surface area contributed by atoms with Gasteiger partial charge in [-0.25, -0.2) is 4.39 Å². The lowest BCUT2D eigenvalue weighted by Gasteiger charge is -2.16. The normalized spacial score (nSPS) is 12.4. The van der Waals surface area contributed by atoms with Crippen LogP contribution in [0.5, 0.6) is 0 Å².